The molecule has 1 saturated carbocycles. The highest BCUT2D eigenvalue weighted by Gasteiger charge is 2.27. The second-order valence-corrected chi connectivity index (χ2v) is 4.07. The normalized spacial score (nSPS) is 25.8. The number of aromatic carboxylic acids is 1. The fourth-order valence-electron chi connectivity index (χ4n) is 1.82. The molecule has 0 bridgehead atoms. The maximum Gasteiger partial charge on any atom is 0.338 e. The largest absolute Gasteiger partial charge is 0.478 e. The Morgan fingerprint density at radius 3 is 2.93 bits per heavy atom. The molecule has 1 N–H and O–H groups in total. The van der Waals surface area contributed by atoms with Crippen LogP contribution >= 0.6 is 0 Å². The summed E-state index contributed by atoms with van der Waals surface area (Å²) in [5, 5.41) is 12.7. The zero-order chi connectivity index (χ0) is 10.1. The maximum absolute atomic E-state index is 10.6. The van der Waals surface area contributed by atoms with Crippen LogP contribution < -0.4 is 0 Å². The van der Waals surface area contributed by atoms with Crippen LogP contribution in [0.4, 0.5) is 0 Å². The van der Waals surface area contributed by atoms with Gasteiger partial charge in [-0.15, -0.1) is 0 Å². The van der Waals surface area contributed by atoms with E-state index in [9.17, 15) is 4.79 Å². The molecule has 0 amide bonds. The maximum atomic E-state index is 10.6. The molecule has 0 aromatic carbocycles. The van der Waals surface area contributed by atoms with Gasteiger partial charge >= 0.3 is 5.97 Å². The number of carboxylic acid groups (broad SMARTS) is 1. The molecular formula is C10H14N2O2. The molecule has 0 aliphatic heterocycles. The zero-order valence-corrected chi connectivity index (χ0v) is 8.18. The Labute approximate surface area is 82.5 Å². The summed E-state index contributed by atoms with van der Waals surface area (Å²) in [5.41, 5.74) is 0.275. The van der Waals surface area contributed by atoms with Crippen LogP contribution in [0.3, 0.4) is 0 Å². The third kappa shape index (κ3) is 1.64. The lowest BCUT2D eigenvalue weighted by Gasteiger charge is -2.33. The number of nitrogens with zero attached hydrogens (tertiary/aromatic N) is 2. The standard InChI is InChI=1S/C10H14N2O2/c1-7-2-3-8(7)5-12-6-9(4-11-12)10(13)14/h4,6-8H,2-3,5H2,1H3,(H,13,14)/t7-,8+/m0/s1. The molecule has 4 nitrogen and oxygen atoms in total. The number of aromatic nitrogens is 2. The molecule has 0 unspecified atom stereocenters. The van der Waals surface area contributed by atoms with Crippen LogP contribution in [-0.4, -0.2) is 20.9 Å². The third-order valence-electron chi connectivity index (χ3n) is 3.10. The second-order valence-electron chi connectivity index (χ2n) is 4.07. The highest BCUT2D eigenvalue weighted by Crippen LogP contribution is 2.34. The monoisotopic (exact) mass is 194 g/mol. The summed E-state index contributed by atoms with van der Waals surface area (Å²) in [6.45, 7) is 3.09. The van der Waals surface area contributed by atoms with E-state index in [-0.39, 0.29) is 5.56 Å². The highest BCUT2D eigenvalue weighted by molar-refractivity contribution is 5.86. The highest BCUT2D eigenvalue weighted by atomic mass is 16.4. The summed E-state index contributed by atoms with van der Waals surface area (Å²) in [6.07, 6.45) is 5.54. The minimum absolute atomic E-state index is 0.275. The Bertz CT molecular complexity index is 346. The predicted octanol–water partition coefficient (Wildman–Crippen LogP) is 1.63. The Balaban J connectivity index is 1.99. The van der Waals surface area contributed by atoms with E-state index in [1.165, 1.54) is 19.0 Å². The molecule has 2 rings (SSSR count). The molecule has 1 fully saturated rings. The number of carbonyl (C=O) groups is 1. The smallest absolute Gasteiger partial charge is 0.338 e. The van der Waals surface area contributed by atoms with Gasteiger partial charge in [-0.05, 0) is 18.3 Å². The molecule has 0 saturated heterocycles. The van der Waals surface area contributed by atoms with Gasteiger partial charge in [0.15, 0.2) is 0 Å². The van der Waals surface area contributed by atoms with Crippen molar-refractivity contribution < 1.29 is 9.90 Å². The Hall–Kier alpha value is -1.32. The van der Waals surface area contributed by atoms with Crippen molar-refractivity contribution in [2.75, 3.05) is 0 Å². The summed E-state index contributed by atoms with van der Waals surface area (Å²) in [4.78, 5) is 10.6. The minimum atomic E-state index is -0.905. The van der Waals surface area contributed by atoms with Gasteiger partial charge in [0.1, 0.15) is 0 Å². The van der Waals surface area contributed by atoms with Crippen LogP contribution in [0.2, 0.25) is 0 Å². The lowest BCUT2D eigenvalue weighted by atomic mass is 9.75. The van der Waals surface area contributed by atoms with Gasteiger partial charge in [0, 0.05) is 12.7 Å². The van der Waals surface area contributed by atoms with Gasteiger partial charge in [0.25, 0.3) is 0 Å². The first-order chi connectivity index (χ1) is 6.66. The molecule has 1 aliphatic rings. The first-order valence-electron chi connectivity index (χ1n) is 4.92. The number of hydrogen-bond acceptors (Lipinski definition) is 2. The average Bonchev–Trinajstić information content (AvgIpc) is 2.60. The van der Waals surface area contributed by atoms with E-state index < -0.39 is 5.97 Å². The van der Waals surface area contributed by atoms with Crippen LogP contribution in [0.15, 0.2) is 12.4 Å². The van der Waals surface area contributed by atoms with Crippen molar-refractivity contribution in [1.29, 1.82) is 0 Å². The average molecular weight is 194 g/mol. The van der Waals surface area contributed by atoms with E-state index in [2.05, 4.69) is 12.0 Å². The van der Waals surface area contributed by atoms with Gasteiger partial charge < -0.3 is 5.11 Å². The van der Waals surface area contributed by atoms with Crippen LogP contribution in [-0.2, 0) is 6.54 Å². The molecular weight excluding hydrogens is 180 g/mol. The second kappa shape index (κ2) is 3.44. The number of hydrogen-bond donors (Lipinski definition) is 1. The van der Waals surface area contributed by atoms with Crippen molar-refractivity contribution in [1.82, 2.24) is 9.78 Å². The van der Waals surface area contributed by atoms with Crippen molar-refractivity contribution in [2.45, 2.75) is 26.3 Å². The van der Waals surface area contributed by atoms with E-state index in [4.69, 9.17) is 5.11 Å². The summed E-state index contributed by atoms with van der Waals surface area (Å²) < 4.78 is 1.74. The Morgan fingerprint density at radius 2 is 2.50 bits per heavy atom. The lowest BCUT2D eigenvalue weighted by Crippen LogP contribution is -2.27. The molecule has 1 heterocycles. The summed E-state index contributed by atoms with van der Waals surface area (Å²) in [7, 11) is 0. The van der Waals surface area contributed by atoms with Crippen molar-refractivity contribution in [3.8, 4) is 0 Å². The molecule has 1 aliphatic carbocycles. The fourth-order valence-corrected chi connectivity index (χ4v) is 1.82. The number of carboxylic acids is 1. The number of rotatable bonds is 3. The van der Waals surface area contributed by atoms with E-state index in [1.54, 1.807) is 10.9 Å². The minimum Gasteiger partial charge on any atom is -0.478 e. The molecule has 76 valence electrons. The molecule has 14 heavy (non-hydrogen) atoms. The summed E-state index contributed by atoms with van der Waals surface area (Å²) in [5.74, 6) is 0.530. The zero-order valence-electron chi connectivity index (χ0n) is 8.18. The summed E-state index contributed by atoms with van der Waals surface area (Å²) in [6, 6.07) is 0. The van der Waals surface area contributed by atoms with E-state index in [0.717, 1.165) is 12.5 Å². The molecule has 2 atom stereocenters. The summed E-state index contributed by atoms with van der Waals surface area (Å²) >= 11 is 0. The van der Waals surface area contributed by atoms with Crippen molar-refractivity contribution in [2.24, 2.45) is 11.8 Å². The molecule has 0 spiro atoms. The lowest BCUT2D eigenvalue weighted by molar-refractivity contribution is 0.0696. The predicted molar refractivity (Wildman–Crippen MR) is 51.1 cm³/mol. The van der Waals surface area contributed by atoms with Crippen molar-refractivity contribution in [3.63, 3.8) is 0 Å². The Morgan fingerprint density at radius 1 is 1.71 bits per heavy atom. The molecule has 1 aromatic rings. The topological polar surface area (TPSA) is 55.1 Å². The van der Waals surface area contributed by atoms with E-state index in [0.29, 0.717) is 5.92 Å². The van der Waals surface area contributed by atoms with Crippen molar-refractivity contribution in [3.05, 3.63) is 18.0 Å². The van der Waals surface area contributed by atoms with Crippen LogP contribution in [0.5, 0.6) is 0 Å². The SMILES string of the molecule is C[C@H]1CC[C@@H]1Cn1cc(C(=O)O)cn1. The van der Waals surface area contributed by atoms with E-state index in [1.807, 2.05) is 0 Å². The molecule has 4 heteroatoms. The van der Waals surface area contributed by atoms with Gasteiger partial charge in [-0.2, -0.15) is 5.10 Å². The molecule has 0 radical (unpaired) electrons. The van der Waals surface area contributed by atoms with Crippen molar-refractivity contribution >= 4 is 5.97 Å². The van der Waals surface area contributed by atoms with Crippen LogP contribution in [0.1, 0.15) is 30.1 Å². The van der Waals surface area contributed by atoms with Crippen LogP contribution in [0, 0.1) is 11.8 Å². The quantitative estimate of drug-likeness (QED) is 0.795. The van der Waals surface area contributed by atoms with Gasteiger partial charge in [0.05, 0.1) is 11.8 Å². The van der Waals surface area contributed by atoms with Gasteiger partial charge in [-0.25, -0.2) is 4.79 Å². The van der Waals surface area contributed by atoms with Gasteiger partial charge in [-0.3, -0.25) is 4.68 Å². The van der Waals surface area contributed by atoms with Gasteiger partial charge in [-0.1, -0.05) is 13.3 Å². The first kappa shape index (κ1) is 9.24. The Kier molecular flexibility index (Phi) is 2.27. The first-order valence-corrected chi connectivity index (χ1v) is 4.92. The van der Waals surface area contributed by atoms with E-state index >= 15 is 0 Å². The van der Waals surface area contributed by atoms with Gasteiger partial charge in [0.2, 0.25) is 0 Å². The third-order valence-corrected chi connectivity index (χ3v) is 3.10. The van der Waals surface area contributed by atoms with Crippen LogP contribution in [0.25, 0.3) is 0 Å². The fraction of sp³-hybridized carbons (Fsp3) is 0.600. The molecule has 1 aromatic heterocycles.